The SMILES string of the molecule is CC(C)NCCNc1ncc[nH]c1=O. The van der Waals surface area contributed by atoms with Gasteiger partial charge in [-0.1, -0.05) is 13.8 Å². The van der Waals surface area contributed by atoms with Crippen LogP contribution in [0.15, 0.2) is 17.2 Å². The highest BCUT2D eigenvalue weighted by molar-refractivity contribution is 5.29. The van der Waals surface area contributed by atoms with Gasteiger partial charge in [-0.2, -0.15) is 0 Å². The molecule has 78 valence electrons. The molecule has 1 aromatic rings. The summed E-state index contributed by atoms with van der Waals surface area (Å²) in [6.07, 6.45) is 3.07. The van der Waals surface area contributed by atoms with Crippen LogP contribution >= 0.6 is 0 Å². The van der Waals surface area contributed by atoms with Crippen molar-refractivity contribution < 1.29 is 0 Å². The molecule has 1 aromatic heterocycles. The van der Waals surface area contributed by atoms with E-state index in [2.05, 4.69) is 34.4 Å². The normalized spacial score (nSPS) is 10.5. The minimum absolute atomic E-state index is 0.183. The predicted octanol–water partition coefficient (Wildman–Crippen LogP) is 0.180. The molecule has 0 unspecified atom stereocenters. The summed E-state index contributed by atoms with van der Waals surface area (Å²) < 4.78 is 0. The van der Waals surface area contributed by atoms with E-state index in [9.17, 15) is 4.79 Å². The van der Waals surface area contributed by atoms with E-state index in [-0.39, 0.29) is 5.56 Å². The van der Waals surface area contributed by atoms with Crippen LogP contribution in [-0.2, 0) is 0 Å². The third kappa shape index (κ3) is 3.57. The van der Waals surface area contributed by atoms with E-state index < -0.39 is 0 Å². The predicted molar refractivity (Wildman–Crippen MR) is 56.5 cm³/mol. The second-order valence-electron chi connectivity index (χ2n) is 3.30. The Bertz CT molecular complexity index is 321. The minimum atomic E-state index is -0.183. The van der Waals surface area contributed by atoms with Crippen LogP contribution in [0.5, 0.6) is 0 Å². The number of hydrogen-bond acceptors (Lipinski definition) is 4. The van der Waals surface area contributed by atoms with Crippen molar-refractivity contribution in [2.24, 2.45) is 0 Å². The number of aromatic nitrogens is 2. The second-order valence-corrected chi connectivity index (χ2v) is 3.30. The first-order valence-electron chi connectivity index (χ1n) is 4.71. The molecule has 0 aromatic carbocycles. The van der Waals surface area contributed by atoms with Crippen molar-refractivity contribution in [3.05, 3.63) is 22.7 Å². The van der Waals surface area contributed by atoms with E-state index in [0.29, 0.717) is 18.4 Å². The molecule has 0 aliphatic heterocycles. The van der Waals surface area contributed by atoms with E-state index >= 15 is 0 Å². The number of aromatic amines is 1. The molecule has 0 bridgehead atoms. The van der Waals surface area contributed by atoms with Crippen molar-refractivity contribution in [2.45, 2.75) is 19.9 Å². The summed E-state index contributed by atoms with van der Waals surface area (Å²) in [5.41, 5.74) is -0.183. The third-order valence-corrected chi connectivity index (χ3v) is 1.68. The lowest BCUT2D eigenvalue weighted by Crippen LogP contribution is -2.29. The van der Waals surface area contributed by atoms with E-state index in [4.69, 9.17) is 0 Å². The zero-order valence-electron chi connectivity index (χ0n) is 8.50. The van der Waals surface area contributed by atoms with Gasteiger partial charge in [0.05, 0.1) is 0 Å². The summed E-state index contributed by atoms with van der Waals surface area (Å²) in [4.78, 5) is 17.6. The third-order valence-electron chi connectivity index (χ3n) is 1.68. The first-order valence-corrected chi connectivity index (χ1v) is 4.71. The Morgan fingerprint density at radius 2 is 2.29 bits per heavy atom. The van der Waals surface area contributed by atoms with Crippen LogP contribution in [0.2, 0.25) is 0 Å². The number of rotatable bonds is 5. The van der Waals surface area contributed by atoms with Gasteiger partial charge in [0.1, 0.15) is 0 Å². The van der Waals surface area contributed by atoms with Gasteiger partial charge in [-0.05, 0) is 0 Å². The van der Waals surface area contributed by atoms with Crippen molar-refractivity contribution in [1.29, 1.82) is 0 Å². The largest absolute Gasteiger partial charge is 0.364 e. The molecule has 3 N–H and O–H groups in total. The molecular formula is C9H16N4O. The molecule has 0 spiro atoms. The molecule has 0 aliphatic carbocycles. The fourth-order valence-corrected chi connectivity index (χ4v) is 1.02. The highest BCUT2D eigenvalue weighted by Gasteiger charge is 1.97. The molecule has 0 saturated carbocycles. The lowest BCUT2D eigenvalue weighted by atomic mass is 10.4. The zero-order valence-corrected chi connectivity index (χ0v) is 8.50. The van der Waals surface area contributed by atoms with Gasteiger partial charge in [-0.3, -0.25) is 4.79 Å². The average Bonchev–Trinajstić information content (AvgIpc) is 2.15. The molecule has 1 rings (SSSR count). The van der Waals surface area contributed by atoms with Crippen molar-refractivity contribution in [2.75, 3.05) is 18.4 Å². The van der Waals surface area contributed by atoms with Gasteiger partial charge in [0.15, 0.2) is 5.82 Å². The van der Waals surface area contributed by atoms with Gasteiger partial charge in [0.2, 0.25) is 0 Å². The van der Waals surface area contributed by atoms with Crippen LogP contribution < -0.4 is 16.2 Å². The highest BCUT2D eigenvalue weighted by Crippen LogP contribution is 1.87. The van der Waals surface area contributed by atoms with E-state index in [1.54, 1.807) is 6.20 Å². The van der Waals surface area contributed by atoms with Crippen LogP contribution in [0.3, 0.4) is 0 Å². The molecule has 0 atom stereocenters. The fraction of sp³-hybridized carbons (Fsp3) is 0.556. The van der Waals surface area contributed by atoms with Gasteiger partial charge in [-0.15, -0.1) is 0 Å². The lowest BCUT2D eigenvalue weighted by molar-refractivity contribution is 0.602. The van der Waals surface area contributed by atoms with Crippen molar-refractivity contribution >= 4 is 5.82 Å². The Morgan fingerprint density at radius 1 is 1.50 bits per heavy atom. The second kappa shape index (κ2) is 5.39. The fourth-order valence-electron chi connectivity index (χ4n) is 1.02. The Morgan fingerprint density at radius 3 is 2.93 bits per heavy atom. The maximum absolute atomic E-state index is 11.1. The molecular weight excluding hydrogens is 180 g/mol. The van der Waals surface area contributed by atoms with Crippen molar-refractivity contribution in [3.8, 4) is 0 Å². The molecule has 0 aliphatic rings. The standard InChI is InChI=1S/C9H16N4O/c1-7(2)10-3-4-11-8-9(14)13-6-5-12-8/h5-7,10H,3-4H2,1-2H3,(H,11,12)(H,13,14). The van der Waals surface area contributed by atoms with E-state index in [1.165, 1.54) is 6.20 Å². The zero-order chi connectivity index (χ0) is 10.4. The van der Waals surface area contributed by atoms with Crippen molar-refractivity contribution in [3.63, 3.8) is 0 Å². The Kier molecular flexibility index (Phi) is 4.12. The van der Waals surface area contributed by atoms with Gasteiger partial charge >= 0.3 is 0 Å². The van der Waals surface area contributed by atoms with Crippen LogP contribution in [0, 0.1) is 0 Å². The Balaban J connectivity index is 2.32. The maximum atomic E-state index is 11.1. The van der Waals surface area contributed by atoms with Gasteiger partial charge in [0.25, 0.3) is 5.56 Å². The lowest BCUT2D eigenvalue weighted by Gasteiger charge is -2.08. The number of H-pyrrole nitrogens is 1. The quantitative estimate of drug-likeness (QED) is 0.588. The summed E-state index contributed by atoms with van der Waals surface area (Å²) in [6.45, 7) is 5.66. The summed E-state index contributed by atoms with van der Waals surface area (Å²) >= 11 is 0. The molecule has 1 heterocycles. The van der Waals surface area contributed by atoms with Gasteiger partial charge in [0, 0.05) is 31.5 Å². The molecule has 5 nitrogen and oxygen atoms in total. The van der Waals surface area contributed by atoms with E-state index in [0.717, 1.165) is 6.54 Å². The monoisotopic (exact) mass is 196 g/mol. The average molecular weight is 196 g/mol. The number of hydrogen-bond donors (Lipinski definition) is 3. The molecule has 0 saturated heterocycles. The maximum Gasteiger partial charge on any atom is 0.290 e. The Labute approximate surface area is 83.0 Å². The Hall–Kier alpha value is -1.36. The van der Waals surface area contributed by atoms with Gasteiger partial charge in [-0.25, -0.2) is 4.98 Å². The summed E-state index contributed by atoms with van der Waals surface area (Å²) in [6, 6.07) is 0.457. The molecule has 14 heavy (non-hydrogen) atoms. The smallest absolute Gasteiger partial charge is 0.290 e. The number of anilines is 1. The topological polar surface area (TPSA) is 69.8 Å². The molecule has 0 radical (unpaired) electrons. The van der Waals surface area contributed by atoms with Crippen LogP contribution in [0.4, 0.5) is 5.82 Å². The highest BCUT2D eigenvalue weighted by atomic mass is 16.1. The van der Waals surface area contributed by atoms with E-state index in [1.807, 2.05) is 0 Å². The first-order chi connectivity index (χ1) is 6.70. The summed E-state index contributed by atoms with van der Waals surface area (Å²) in [5.74, 6) is 0.373. The molecule has 0 amide bonds. The first kappa shape index (κ1) is 10.7. The molecule has 5 heteroatoms. The van der Waals surface area contributed by atoms with Crippen LogP contribution in [0.25, 0.3) is 0 Å². The summed E-state index contributed by atoms with van der Waals surface area (Å²) in [7, 11) is 0. The molecule has 0 fully saturated rings. The van der Waals surface area contributed by atoms with Crippen LogP contribution in [-0.4, -0.2) is 29.1 Å². The minimum Gasteiger partial charge on any atom is -0.364 e. The van der Waals surface area contributed by atoms with Gasteiger partial charge < -0.3 is 15.6 Å². The number of nitrogens with one attached hydrogen (secondary N) is 3. The summed E-state index contributed by atoms with van der Waals surface area (Å²) in [5, 5.41) is 6.18. The van der Waals surface area contributed by atoms with Crippen molar-refractivity contribution in [1.82, 2.24) is 15.3 Å². The number of nitrogens with zero attached hydrogens (tertiary/aromatic N) is 1. The van der Waals surface area contributed by atoms with Crippen LogP contribution in [0.1, 0.15) is 13.8 Å².